The summed E-state index contributed by atoms with van der Waals surface area (Å²) in [5, 5.41) is 3.85. The van der Waals surface area contributed by atoms with E-state index in [0.717, 1.165) is 12.8 Å². The van der Waals surface area contributed by atoms with Gasteiger partial charge >= 0.3 is 0 Å². The molecular weight excluding hydrogens is 469 g/mol. The number of benzene rings is 2. The molecule has 1 N–H and O–H groups in total. The number of carbonyl (C=O) groups is 1. The lowest BCUT2D eigenvalue weighted by atomic mass is 9.89. The standard InChI is InChI=1S/C26H25ClFN5O2/c1-15-5-3-10-33(21(15)14-31-26-32-20-12-17(27)6-7-22(20)35-26)25(34)23-16(2)11-18(28)13-19(23)24-29-8-4-9-30-24/h4,6-9,11-13,15,21H,3,5,10,14H2,1-2H3,(H,31,32). The second kappa shape index (κ2) is 9.62. The van der Waals surface area contributed by atoms with E-state index in [2.05, 4.69) is 27.2 Å². The van der Waals surface area contributed by atoms with E-state index in [1.54, 1.807) is 43.6 Å². The van der Waals surface area contributed by atoms with Gasteiger partial charge in [0.1, 0.15) is 11.3 Å². The summed E-state index contributed by atoms with van der Waals surface area (Å²) in [7, 11) is 0. The Labute approximate surface area is 207 Å². The van der Waals surface area contributed by atoms with Crippen molar-refractivity contribution in [2.24, 2.45) is 5.92 Å². The van der Waals surface area contributed by atoms with Gasteiger partial charge < -0.3 is 14.6 Å². The number of hydrogen-bond acceptors (Lipinski definition) is 6. The van der Waals surface area contributed by atoms with Crippen LogP contribution in [0.15, 0.2) is 53.2 Å². The molecule has 1 amide bonds. The van der Waals surface area contributed by atoms with E-state index in [-0.39, 0.29) is 17.9 Å². The van der Waals surface area contributed by atoms with Crippen molar-refractivity contribution in [3.63, 3.8) is 0 Å². The molecule has 1 fully saturated rings. The second-order valence-electron chi connectivity index (χ2n) is 8.92. The van der Waals surface area contributed by atoms with Crippen molar-refractivity contribution >= 4 is 34.6 Å². The highest BCUT2D eigenvalue weighted by Crippen LogP contribution is 2.31. The summed E-state index contributed by atoms with van der Waals surface area (Å²) in [4.78, 5) is 28.8. The van der Waals surface area contributed by atoms with Crippen LogP contribution in [0, 0.1) is 18.7 Å². The molecule has 9 heteroatoms. The first-order valence-electron chi connectivity index (χ1n) is 11.6. The number of rotatable bonds is 5. The highest BCUT2D eigenvalue weighted by molar-refractivity contribution is 6.31. The summed E-state index contributed by atoms with van der Waals surface area (Å²) in [6.45, 7) is 4.94. The molecule has 5 rings (SSSR count). The second-order valence-corrected chi connectivity index (χ2v) is 9.35. The van der Waals surface area contributed by atoms with Crippen molar-refractivity contribution in [2.45, 2.75) is 32.7 Å². The van der Waals surface area contributed by atoms with Gasteiger partial charge in [0.25, 0.3) is 11.9 Å². The summed E-state index contributed by atoms with van der Waals surface area (Å²) in [6, 6.07) is 9.94. The molecule has 7 nitrogen and oxygen atoms in total. The number of aromatic nitrogens is 3. The Balaban J connectivity index is 1.44. The summed E-state index contributed by atoms with van der Waals surface area (Å²) in [5.41, 5.74) is 2.68. The van der Waals surface area contributed by atoms with E-state index in [4.69, 9.17) is 16.0 Å². The molecule has 0 aliphatic carbocycles. The molecule has 180 valence electrons. The van der Waals surface area contributed by atoms with Crippen LogP contribution in [0.2, 0.25) is 5.02 Å². The number of oxazole rings is 1. The SMILES string of the molecule is Cc1cc(F)cc(-c2ncccn2)c1C(=O)N1CCCC(C)C1CNc1nc2cc(Cl)ccc2o1. The number of halogens is 2. The van der Waals surface area contributed by atoms with Gasteiger partial charge in [0, 0.05) is 36.1 Å². The lowest BCUT2D eigenvalue weighted by Crippen LogP contribution is -2.51. The Kier molecular flexibility index (Phi) is 6.38. The number of hydrogen-bond donors (Lipinski definition) is 1. The largest absolute Gasteiger partial charge is 0.424 e. The minimum Gasteiger partial charge on any atom is -0.424 e. The van der Waals surface area contributed by atoms with Crippen molar-refractivity contribution < 1.29 is 13.6 Å². The molecule has 1 aliphatic heterocycles. The van der Waals surface area contributed by atoms with E-state index in [0.29, 0.717) is 57.7 Å². The molecule has 3 heterocycles. The average molecular weight is 494 g/mol. The normalized spacial score (nSPS) is 18.1. The quantitative estimate of drug-likeness (QED) is 0.381. The van der Waals surface area contributed by atoms with Gasteiger partial charge in [0.15, 0.2) is 11.4 Å². The Morgan fingerprint density at radius 1 is 1.26 bits per heavy atom. The number of nitrogens with zero attached hydrogens (tertiary/aromatic N) is 4. The zero-order valence-electron chi connectivity index (χ0n) is 19.5. The molecular formula is C26H25ClFN5O2. The number of likely N-dealkylation sites (tertiary alicyclic amines) is 1. The first kappa shape index (κ1) is 23.2. The molecule has 0 saturated carbocycles. The average Bonchev–Trinajstić information content (AvgIpc) is 3.25. The van der Waals surface area contributed by atoms with Crippen LogP contribution in [0.25, 0.3) is 22.5 Å². The van der Waals surface area contributed by atoms with Crippen molar-refractivity contribution in [3.05, 3.63) is 70.8 Å². The fourth-order valence-corrected chi connectivity index (χ4v) is 4.93. The van der Waals surface area contributed by atoms with E-state index in [1.807, 2.05) is 4.90 Å². The van der Waals surface area contributed by atoms with Gasteiger partial charge in [0.05, 0.1) is 11.6 Å². The van der Waals surface area contributed by atoms with Crippen molar-refractivity contribution in [3.8, 4) is 11.4 Å². The van der Waals surface area contributed by atoms with Crippen LogP contribution in [-0.4, -0.2) is 44.9 Å². The molecule has 1 aliphatic rings. The van der Waals surface area contributed by atoms with E-state index in [1.165, 1.54) is 12.1 Å². The van der Waals surface area contributed by atoms with Crippen molar-refractivity contribution in [2.75, 3.05) is 18.4 Å². The monoisotopic (exact) mass is 493 g/mol. The van der Waals surface area contributed by atoms with Gasteiger partial charge in [-0.15, -0.1) is 0 Å². The molecule has 35 heavy (non-hydrogen) atoms. The van der Waals surface area contributed by atoms with Crippen molar-refractivity contribution in [1.82, 2.24) is 19.9 Å². The third kappa shape index (κ3) is 4.71. The first-order valence-corrected chi connectivity index (χ1v) is 12.0. The van der Waals surface area contributed by atoms with Crippen LogP contribution in [0.3, 0.4) is 0 Å². The summed E-state index contributed by atoms with van der Waals surface area (Å²) >= 11 is 6.06. The topological polar surface area (TPSA) is 84.2 Å². The highest BCUT2D eigenvalue weighted by atomic mass is 35.5. The first-order chi connectivity index (χ1) is 16.9. The third-order valence-electron chi connectivity index (χ3n) is 6.51. The number of piperidine rings is 1. The fourth-order valence-electron chi connectivity index (χ4n) is 4.77. The molecule has 2 aromatic carbocycles. The van der Waals surface area contributed by atoms with Gasteiger partial charge in [0.2, 0.25) is 0 Å². The molecule has 4 aromatic rings. The van der Waals surface area contributed by atoms with Crippen LogP contribution in [-0.2, 0) is 0 Å². The molecule has 1 saturated heterocycles. The number of fused-ring (bicyclic) bond motifs is 1. The van der Waals surface area contributed by atoms with Crippen LogP contribution in [0.5, 0.6) is 0 Å². The van der Waals surface area contributed by atoms with Crippen LogP contribution < -0.4 is 5.32 Å². The summed E-state index contributed by atoms with van der Waals surface area (Å²) in [5.74, 6) is -0.0185. The maximum absolute atomic E-state index is 14.3. The van der Waals surface area contributed by atoms with E-state index in [9.17, 15) is 9.18 Å². The van der Waals surface area contributed by atoms with E-state index >= 15 is 0 Å². The van der Waals surface area contributed by atoms with Gasteiger partial charge in [-0.05, 0) is 67.6 Å². The minimum absolute atomic E-state index is 0.108. The highest BCUT2D eigenvalue weighted by Gasteiger charge is 2.34. The van der Waals surface area contributed by atoms with Crippen LogP contribution in [0.1, 0.15) is 35.7 Å². The maximum atomic E-state index is 14.3. The molecule has 2 atom stereocenters. The molecule has 2 aromatic heterocycles. The zero-order valence-corrected chi connectivity index (χ0v) is 20.2. The smallest absolute Gasteiger partial charge is 0.295 e. The minimum atomic E-state index is -0.428. The lowest BCUT2D eigenvalue weighted by Gasteiger charge is -2.40. The molecule has 0 bridgehead atoms. The Hall–Kier alpha value is -3.52. The maximum Gasteiger partial charge on any atom is 0.295 e. The van der Waals surface area contributed by atoms with Gasteiger partial charge in [-0.2, -0.15) is 4.98 Å². The predicted octanol–water partition coefficient (Wildman–Crippen LogP) is 5.74. The number of nitrogens with one attached hydrogen (secondary N) is 1. The molecule has 2 unspecified atom stereocenters. The number of anilines is 1. The van der Waals surface area contributed by atoms with Crippen LogP contribution in [0.4, 0.5) is 10.4 Å². The van der Waals surface area contributed by atoms with Gasteiger partial charge in [-0.3, -0.25) is 4.79 Å². The fraction of sp³-hybridized carbons (Fsp3) is 0.308. The van der Waals surface area contributed by atoms with E-state index < -0.39 is 5.82 Å². The summed E-state index contributed by atoms with van der Waals surface area (Å²) < 4.78 is 20.1. The predicted molar refractivity (Wildman–Crippen MR) is 133 cm³/mol. The molecule has 0 spiro atoms. The molecule has 0 radical (unpaired) electrons. The Bertz CT molecular complexity index is 1380. The number of aryl methyl sites for hydroxylation is 1. The lowest BCUT2D eigenvalue weighted by molar-refractivity contribution is 0.0539. The van der Waals surface area contributed by atoms with Crippen LogP contribution >= 0.6 is 11.6 Å². The van der Waals surface area contributed by atoms with Gasteiger partial charge in [-0.25, -0.2) is 14.4 Å². The number of carbonyl (C=O) groups excluding carboxylic acids is 1. The Morgan fingerprint density at radius 3 is 2.86 bits per heavy atom. The Morgan fingerprint density at radius 2 is 2.06 bits per heavy atom. The van der Waals surface area contributed by atoms with Gasteiger partial charge in [-0.1, -0.05) is 18.5 Å². The number of amides is 1. The zero-order chi connectivity index (χ0) is 24.5. The summed E-state index contributed by atoms with van der Waals surface area (Å²) in [6.07, 6.45) is 5.05. The third-order valence-corrected chi connectivity index (χ3v) is 6.74. The van der Waals surface area contributed by atoms with Crippen molar-refractivity contribution in [1.29, 1.82) is 0 Å².